The van der Waals surface area contributed by atoms with E-state index < -0.39 is 0 Å². The number of nitrogens with one attached hydrogen (secondary N) is 1. The van der Waals surface area contributed by atoms with E-state index in [4.69, 9.17) is 9.26 Å². The summed E-state index contributed by atoms with van der Waals surface area (Å²) in [5.74, 6) is 2.31. The van der Waals surface area contributed by atoms with Crippen molar-refractivity contribution >= 4 is 5.82 Å². The van der Waals surface area contributed by atoms with Gasteiger partial charge in [-0.25, -0.2) is 9.97 Å². The summed E-state index contributed by atoms with van der Waals surface area (Å²) in [7, 11) is 2.10. The smallest absolute Gasteiger partial charge is 0.156 e. The summed E-state index contributed by atoms with van der Waals surface area (Å²) in [6, 6.07) is 3.91. The Balaban J connectivity index is 1.69. The highest BCUT2D eigenvalue weighted by atomic mass is 16.5. The lowest BCUT2D eigenvalue weighted by atomic mass is 10.2. The number of aryl methyl sites for hydroxylation is 2. The molecule has 0 bridgehead atoms. The maximum Gasteiger partial charge on any atom is 0.156 e. The lowest BCUT2D eigenvalue weighted by molar-refractivity contribution is -0.0232. The first-order valence-corrected chi connectivity index (χ1v) is 7.98. The van der Waals surface area contributed by atoms with Crippen molar-refractivity contribution in [2.45, 2.75) is 32.9 Å². The number of aromatic nitrogens is 3. The molecule has 0 saturated carbocycles. The highest BCUT2D eigenvalue weighted by molar-refractivity contribution is 5.37. The molecule has 0 radical (unpaired) electrons. The minimum absolute atomic E-state index is 0.00651. The quantitative estimate of drug-likeness (QED) is 0.903. The van der Waals surface area contributed by atoms with Gasteiger partial charge in [0.15, 0.2) is 5.76 Å². The molecule has 0 aliphatic carbocycles. The van der Waals surface area contributed by atoms with Gasteiger partial charge in [0.2, 0.25) is 0 Å². The maximum absolute atomic E-state index is 5.84. The van der Waals surface area contributed by atoms with Crippen LogP contribution >= 0.6 is 0 Å². The molecule has 7 heteroatoms. The molecule has 1 fully saturated rings. The van der Waals surface area contributed by atoms with Crippen molar-refractivity contribution in [2.75, 3.05) is 32.1 Å². The van der Waals surface area contributed by atoms with Gasteiger partial charge in [0.05, 0.1) is 24.5 Å². The number of rotatable bonds is 5. The Hall–Kier alpha value is -1.99. The Bertz CT molecular complexity index is 658. The second kappa shape index (κ2) is 7.06. The van der Waals surface area contributed by atoms with Crippen LogP contribution in [0.1, 0.15) is 36.0 Å². The van der Waals surface area contributed by atoms with Crippen molar-refractivity contribution in [3.63, 3.8) is 0 Å². The Labute approximate surface area is 136 Å². The lowest BCUT2D eigenvalue weighted by Crippen LogP contribution is -2.35. The molecule has 23 heavy (non-hydrogen) atoms. The van der Waals surface area contributed by atoms with Crippen molar-refractivity contribution in [3.8, 4) is 0 Å². The van der Waals surface area contributed by atoms with Gasteiger partial charge >= 0.3 is 0 Å². The van der Waals surface area contributed by atoms with Crippen LogP contribution in [0.5, 0.6) is 0 Å². The summed E-state index contributed by atoms with van der Waals surface area (Å²) in [5.41, 5.74) is 1.87. The summed E-state index contributed by atoms with van der Waals surface area (Å²) in [6.07, 6.45) is 0.861. The number of anilines is 1. The molecule has 1 saturated heterocycles. The fraction of sp³-hybridized carbons (Fsp3) is 0.562. The van der Waals surface area contributed by atoms with Crippen LogP contribution in [-0.4, -0.2) is 46.8 Å². The molecule has 1 aliphatic heterocycles. The summed E-state index contributed by atoms with van der Waals surface area (Å²) in [6.45, 7) is 7.02. The van der Waals surface area contributed by atoms with Gasteiger partial charge in [-0.15, -0.1) is 0 Å². The van der Waals surface area contributed by atoms with E-state index in [1.807, 2.05) is 19.1 Å². The van der Waals surface area contributed by atoms with Crippen molar-refractivity contribution in [1.82, 2.24) is 20.0 Å². The lowest BCUT2D eigenvalue weighted by Gasteiger charge is -2.29. The number of likely N-dealkylation sites (N-methyl/N-ethyl adjacent to an activating group) is 1. The third-order valence-corrected chi connectivity index (χ3v) is 3.87. The van der Waals surface area contributed by atoms with Gasteiger partial charge in [-0.1, -0.05) is 12.1 Å². The van der Waals surface area contributed by atoms with Crippen LogP contribution in [0.2, 0.25) is 0 Å². The fourth-order valence-electron chi connectivity index (χ4n) is 2.59. The molecule has 1 aliphatic rings. The van der Waals surface area contributed by atoms with Gasteiger partial charge in [-0.3, -0.25) is 0 Å². The predicted octanol–water partition coefficient (Wildman–Crippen LogP) is 1.95. The van der Waals surface area contributed by atoms with Gasteiger partial charge in [-0.2, -0.15) is 0 Å². The molecule has 2 aromatic rings. The van der Waals surface area contributed by atoms with E-state index in [1.165, 1.54) is 0 Å². The van der Waals surface area contributed by atoms with Gasteiger partial charge < -0.3 is 19.5 Å². The molecule has 124 valence electrons. The van der Waals surface area contributed by atoms with Crippen molar-refractivity contribution in [1.29, 1.82) is 0 Å². The minimum atomic E-state index is -0.00651. The Morgan fingerprint density at radius 2 is 2.22 bits per heavy atom. The Morgan fingerprint density at radius 3 is 2.96 bits per heavy atom. The average Bonchev–Trinajstić information content (AvgIpc) is 3.00. The van der Waals surface area contributed by atoms with E-state index in [9.17, 15) is 0 Å². The number of morpholine rings is 1. The molecular weight excluding hydrogens is 294 g/mol. The third kappa shape index (κ3) is 4.05. The van der Waals surface area contributed by atoms with Gasteiger partial charge in [0.25, 0.3) is 0 Å². The topological polar surface area (TPSA) is 76.3 Å². The molecular formula is C16H23N5O2. The predicted molar refractivity (Wildman–Crippen MR) is 86.2 cm³/mol. The summed E-state index contributed by atoms with van der Waals surface area (Å²) >= 11 is 0. The Kier molecular flexibility index (Phi) is 4.88. The van der Waals surface area contributed by atoms with E-state index in [1.54, 1.807) is 0 Å². The number of ether oxygens (including phenoxy) is 1. The molecule has 1 atom stereocenters. The van der Waals surface area contributed by atoms with Crippen LogP contribution in [0, 0.1) is 6.92 Å². The van der Waals surface area contributed by atoms with Crippen LogP contribution in [0.25, 0.3) is 0 Å². The van der Waals surface area contributed by atoms with E-state index in [2.05, 4.69) is 39.3 Å². The molecule has 1 N–H and O–H groups in total. The number of hydrogen-bond donors (Lipinski definition) is 1. The SMILES string of the molecule is CCc1cc(CNc2cc([C@@H]3CN(C)CCO3)nc(C)n2)on1. The Morgan fingerprint density at radius 1 is 1.35 bits per heavy atom. The zero-order chi connectivity index (χ0) is 16.2. The normalized spacial score (nSPS) is 19.0. The third-order valence-electron chi connectivity index (χ3n) is 3.87. The summed E-state index contributed by atoms with van der Waals surface area (Å²) in [5, 5.41) is 7.27. The molecule has 0 amide bonds. The van der Waals surface area contributed by atoms with Crippen molar-refractivity contribution < 1.29 is 9.26 Å². The molecule has 7 nitrogen and oxygen atoms in total. The first kappa shape index (κ1) is 15.9. The molecule has 0 unspecified atom stereocenters. The van der Waals surface area contributed by atoms with E-state index in [-0.39, 0.29) is 6.10 Å². The fourth-order valence-corrected chi connectivity index (χ4v) is 2.59. The minimum Gasteiger partial charge on any atom is -0.369 e. The van der Waals surface area contributed by atoms with Crippen LogP contribution < -0.4 is 5.32 Å². The van der Waals surface area contributed by atoms with Crippen molar-refractivity contribution in [3.05, 3.63) is 35.1 Å². The van der Waals surface area contributed by atoms with Crippen LogP contribution in [0.4, 0.5) is 5.82 Å². The molecule has 3 rings (SSSR count). The van der Waals surface area contributed by atoms with E-state index in [0.717, 1.165) is 54.9 Å². The van der Waals surface area contributed by atoms with E-state index in [0.29, 0.717) is 6.54 Å². The monoisotopic (exact) mass is 317 g/mol. The van der Waals surface area contributed by atoms with Gasteiger partial charge in [-0.05, 0) is 20.4 Å². The zero-order valence-corrected chi connectivity index (χ0v) is 13.9. The first-order valence-electron chi connectivity index (χ1n) is 7.98. The molecule has 0 aromatic carbocycles. The number of hydrogen-bond acceptors (Lipinski definition) is 7. The zero-order valence-electron chi connectivity index (χ0n) is 13.9. The first-order chi connectivity index (χ1) is 11.1. The second-order valence-electron chi connectivity index (χ2n) is 5.84. The van der Waals surface area contributed by atoms with Crippen LogP contribution in [0.3, 0.4) is 0 Å². The molecule has 3 heterocycles. The molecule has 2 aromatic heterocycles. The van der Waals surface area contributed by atoms with Gasteiger partial charge in [0, 0.05) is 25.2 Å². The summed E-state index contributed by atoms with van der Waals surface area (Å²) < 4.78 is 11.1. The summed E-state index contributed by atoms with van der Waals surface area (Å²) in [4.78, 5) is 11.2. The highest BCUT2D eigenvalue weighted by Gasteiger charge is 2.21. The van der Waals surface area contributed by atoms with Crippen molar-refractivity contribution in [2.24, 2.45) is 0 Å². The van der Waals surface area contributed by atoms with Crippen LogP contribution in [-0.2, 0) is 17.7 Å². The maximum atomic E-state index is 5.84. The van der Waals surface area contributed by atoms with E-state index >= 15 is 0 Å². The van der Waals surface area contributed by atoms with Crippen LogP contribution in [0.15, 0.2) is 16.7 Å². The van der Waals surface area contributed by atoms with Gasteiger partial charge in [0.1, 0.15) is 17.7 Å². The highest BCUT2D eigenvalue weighted by Crippen LogP contribution is 2.22. The second-order valence-corrected chi connectivity index (χ2v) is 5.84. The molecule has 0 spiro atoms. The standard InChI is InChI=1S/C16H23N5O2/c1-4-12-7-13(23-20-12)9-17-16-8-14(18-11(2)19-16)15-10-21(3)5-6-22-15/h7-8,15H,4-6,9-10H2,1-3H3,(H,17,18,19)/t15-/m0/s1. The number of nitrogens with zero attached hydrogens (tertiary/aromatic N) is 4. The largest absolute Gasteiger partial charge is 0.369 e. The average molecular weight is 317 g/mol.